The van der Waals surface area contributed by atoms with E-state index in [9.17, 15) is 0 Å². The first-order valence-electron chi connectivity index (χ1n) is 2.30. The average molecular weight is 149 g/mol. The molecule has 0 amide bonds. The van der Waals surface area contributed by atoms with Gasteiger partial charge in [0, 0.05) is 0 Å². The predicted octanol–water partition coefficient (Wildman–Crippen LogP) is -1.61. The summed E-state index contributed by atoms with van der Waals surface area (Å²) in [7, 11) is 1.26. The maximum Gasteiger partial charge on any atom is 0.393 e. The highest BCUT2D eigenvalue weighted by molar-refractivity contribution is 7.09. The molecule has 42 valence electrons. The molecule has 8 heavy (non-hydrogen) atoms. The Balaban J connectivity index is 2.19. The fourth-order valence-corrected chi connectivity index (χ4v) is 0.762. The summed E-state index contributed by atoms with van der Waals surface area (Å²) in [6.45, 7) is 0. The molecule has 0 saturated carbocycles. The lowest BCUT2D eigenvalue weighted by Gasteiger charge is -2.20. The summed E-state index contributed by atoms with van der Waals surface area (Å²) in [5.41, 5.74) is 0. The lowest BCUT2D eigenvalue weighted by molar-refractivity contribution is 1.03. The Hall–Kier alpha value is 0.655. The number of nitrogens with zero attached hydrogens (tertiary/aromatic N) is 1. The van der Waals surface area contributed by atoms with E-state index in [0.29, 0.717) is 15.1 Å². The number of rotatable bonds is 0. The van der Waals surface area contributed by atoms with E-state index in [1.54, 1.807) is 4.24 Å². The highest BCUT2D eigenvalue weighted by Crippen LogP contribution is 1.90. The van der Waals surface area contributed by atoms with Crippen LogP contribution < -0.4 is 10.3 Å². The van der Waals surface area contributed by atoms with Crippen LogP contribution in [0.3, 0.4) is 0 Å². The largest absolute Gasteiger partial charge is 0.393 e. The third-order valence-corrected chi connectivity index (χ3v) is 1.43. The van der Waals surface area contributed by atoms with Gasteiger partial charge in [-0.1, -0.05) is 0 Å². The Morgan fingerprint density at radius 2 is 1.88 bits per heavy atom. The van der Waals surface area contributed by atoms with E-state index in [2.05, 4.69) is 10.3 Å². The van der Waals surface area contributed by atoms with Crippen LogP contribution in [0.15, 0.2) is 0 Å². The predicted molar refractivity (Wildman–Crippen MR) is 39.9 cm³/mol. The Morgan fingerprint density at radius 1 is 1.38 bits per heavy atom. The summed E-state index contributed by atoms with van der Waals surface area (Å²) in [4.78, 5) is 0. The molecule has 0 unspecified atom stereocenters. The first kappa shape index (κ1) is 6.77. The quantitative estimate of drug-likeness (QED) is 0.321. The lowest BCUT2D eigenvalue weighted by Crippen LogP contribution is -2.59. The van der Waals surface area contributed by atoms with Crippen LogP contribution in [-0.2, 0) is 0 Å². The smallest absolute Gasteiger partial charge is 0.359 e. The molecule has 0 bridgehead atoms. The van der Waals surface area contributed by atoms with Crippen LogP contribution in [0.5, 0.6) is 0 Å². The molecular weight excluding hydrogens is 145 g/mol. The summed E-state index contributed by atoms with van der Waals surface area (Å²) in [5, 5.41) is 5.76. The summed E-state index contributed by atoms with van der Waals surface area (Å²) in [5.74, 6) is 0. The van der Waals surface area contributed by atoms with Gasteiger partial charge in [-0.05, 0) is 11.8 Å². The van der Waals surface area contributed by atoms with Crippen molar-refractivity contribution in [2.75, 3.05) is 0 Å². The Bertz CT molecular complexity index is 60.9. The minimum Gasteiger partial charge on any atom is -0.359 e. The van der Waals surface area contributed by atoms with Gasteiger partial charge >= 0.3 is 6.40 Å². The van der Waals surface area contributed by atoms with Crippen LogP contribution in [0.25, 0.3) is 0 Å². The summed E-state index contributed by atoms with van der Waals surface area (Å²) in [6, 6.07) is 0. The zero-order valence-electron chi connectivity index (χ0n) is 4.19. The van der Waals surface area contributed by atoms with E-state index in [-0.39, 0.29) is 6.40 Å². The van der Waals surface area contributed by atoms with Gasteiger partial charge in [0.15, 0.2) is 0 Å². The molecule has 2 N–H and O–H groups in total. The highest BCUT2D eigenvalue weighted by Gasteiger charge is 2.19. The van der Waals surface area contributed by atoms with Gasteiger partial charge in [-0.15, -0.1) is 0 Å². The standard InChI is InChI=1S/B3Cl2H4N3/c4-3-6-1-8(5)2-7-3/h1-2,6-7H. The maximum atomic E-state index is 5.57. The van der Waals surface area contributed by atoms with E-state index < -0.39 is 0 Å². The van der Waals surface area contributed by atoms with Crippen molar-refractivity contribution in [1.29, 1.82) is 0 Å². The highest BCUT2D eigenvalue weighted by atomic mass is 35.5. The Labute approximate surface area is 59.8 Å². The zero-order chi connectivity index (χ0) is 5.98. The lowest BCUT2D eigenvalue weighted by atomic mass is 9.84. The molecular formula is H4B3Cl2N3. The second-order valence-electron chi connectivity index (χ2n) is 1.55. The van der Waals surface area contributed by atoms with Crippen LogP contribution in [0.4, 0.5) is 0 Å². The number of hydrogen-bond donors (Lipinski definition) is 2. The Kier molecular flexibility index (Phi) is 2.53. The molecule has 0 aromatic heterocycles. The van der Waals surface area contributed by atoms with Gasteiger partial charge in [0.05, 0.1) is 0 Å². The van der Waals surface area contributed by atoms with Crippen molar-refractivity contribution in [3.63, 3.8) is 0 Å². The topological polar surface area (TPSA) is 27.3 Å². The molecule has 1 rings (SSSR count). The number of halogens is 2. The van der Waals surface area contributed by atoms with Crippen molar-refractivity contribution in [2.45, 2.75) is 0 Å². The first-order chi connectivity index (χ1) is 3.79. The molecule has 1 saturated heterocycles. The second kappa shape index (κ2) is 2.99. The van der Waals surface area contributed by atoms with Crippen LogP contribution in [0.1, 0.15) is 0 Å². The molecule has 1 aliphatic rings. The van der Waals surface area contributed by atoms with E-state index >= 15 is 0 Å². The molecule has 8 heteroatoms. The Morgan fingerprint density at radius 3 is 2.25 bits per heavy atom. The molecule has 0 radical (unpaired) electrons. The third kappa shape index (κ3) is 1.87. The molecule has 1 heterocycles. The zero-order valence-corrected chi connectivity index (χ0v) is 5.71. The van der Waals surface area contributed by atoms with Crippen molar-refractivity contribution in [1.82, 2.24) is 14.5 Å². The van der Waals surface area contributed by atoms with Gasteiger partial charge in [0.2, 0.25) is 0 Å². The van der Waals surface area contributed by atoms with Crippen molar-refractivity contribution < 1.29 is 0 Å². The monoisotopic (exact) mass is 149 g/mol. The maximum absolute atomic E-state index is 5.57. The van der Waals surface area contributed by atoms with Crippen molar-refractivity contribution in [2.24, 2.45) is 0 Å². The van der Waals surface area contributed by atoms with Crippen LogP contribution in [-0.4, -0.2) is 25.7 Å². The minimum atomic E-state index is -0.134. The molecule has 0 spiro atoms. The number of hydrogen-bond acceptors (Lipinski definition) is 3. The van der Waals surface area contributed by atoms with E-state index in [0.717, 1.165) is 0 Å². The summed E-state index contributed by atoms with van der Waals surface area (Å²) >= 11 is 11.1. The SMILES string of the molecule is ClB1NBN(Cl)BN1. The number of nitrogens with one attached hydrogen (secondary N) is 2. The van der Waals surface area contributed by atoms with E-state index in [4.69, 9.17) is 23.2 Å². The summed E-state index contributed by atoms with van der Waals surface area (Å²) in [6.07, 6.45) is -0.134. The molecule has 0 atom stereocenters. The van der Waals surface area contributed by atoms with Crippen molar-refractivity contribution in [3.05, 3.63) is 0 Å². The molecule has 1 fully saturated rings. The molecule has 1 aliphatic heterocycles. The van der Waals surface area contributed by atoms with Gasteiger partial charge in [0.25, 0.3) is 15.1 Å². The van der Waals surface area contributed by atoms with E-state index in [1.165, 1.54) is 0 Å². The molecule has 0 aromatic carbocycles. The summed E-state index contributed by atoms with van der Waals surface area (Å²) < 4.78 is 1.57. The van der Waals surface area contributed by atoms with Gasteiger partial charge in [0.1, 0.15) is 0 Å². The van der Waals surface area contributed by atoms with Crippen molar-refractivity contribution >= 4 is 44.7 Å². The minimum absolute atomic E-state index is 0.134. The molecule has 0 aromatic rings. The van der Waals surface area contributed by atoms with Gasteiger partial charge in [-0.2, -0.15) is 11.5 Å². The average Bonchev–Trinajstić information content (AvgIpc) is 1.77. The molecule has 3 nitrogen and oxygen atoms in total. The molecule has 0 aliphatic carbocycles. The van der Waals surface area contributed by atoms with Gasteiger partial charge in [-0.25, -0.2) is 0 Å². The van der Waals surface area contributed by atoms with Gasteiger partial charge < -0.3 is 10.3 Å². The van der Waals surface area contributed by atoms with Crippen molar-refractivity contribution in [3.8, 4) is 0 Å². The fourth-order valence-electron chi connectivity index (χ4n) is 0.486. The van der Waals surface area contributed by atoms with Gasteiger partial charge in [-0.3, -0.25) is 4.24 Å². The first-order valence-corrected chi connectivity index (χ1v) is 3.08. The van der Waals surface area contributed by atoms with Crippen LogP contribution in [0.2, 0.25) is 0 Å². The second-order valence-corrected chi connectivity index (χ2v) is 2.46. The third-order valence-electron chi connectivity index (χ3n) is 0.884. The van der Waals surface area contributed by atoms with Crippen LogP contribution in [0, 0.1) is 0 Å². The van der Waals surface area contributed by atoms with Crippen LogP contribution >= 0.6 is 23.2 Å². The fraction of sp³-hybridized carbons (Fsp3) is 0. The normalized spacial score (nSPS) is 22.0. The van der Waals surface area contributed by atoms with E-state index in [1.807, 2.05) is 0 Å².